The first-order valence-electron chi connectivity index (χ1n) is 5.73. The van der Waals surface area contributed by atoms with Crippen LogP contribution in [0.1, 0.15) is 38.5 Å². The van der Waals surface area contributed by atoms with Crippen molar-refractivity contribution in [3.8, 4) is 0 Å². The van der Waals surface area contributed by atoms with Crippen LogP contribution in [-0.2, 0) is 4.74 Å². The molecule has 1 saturated heterocycles. The van der Waals surface area contributed by atoms with E-state index in [1.807, 2.05) is 0 Å². The molecule has 0 aromatic rings. The van der Waals surface area contributed by atoms with E-state index in [4.69, 9.17) is 4.74 Å². The van der Waals surface area contributed by atoms with Crippen LogP contribution in [0.5, 0.6) is 0 Å². The second-order valence-corrected chi connectivity index (χ2v) is 5.05. The Bertz CT molecular complexity index is 196. The highest BCUT2D eigenvalue weighted by Gasteiger charge is 2.47. The van der Waals surface area contributed by atoms with Crippen LogP contribution in [-0.4, -0.2) is 25.3 Å². The molecule has 2 aliphatic carbocycles. The van der Waals surface area contributed by atoms with E-state index in [1.54, 1.807) is 0 Å². The molecule has 2 saturated carbocycles. The minimum Gasteiger partial charge on any atom is -0.381 e. The lowest BCUT2D eigenvalue weighted by molar-refractivity contribution is -0.0780. The predicted octanol–water partition coefficient (Wildman–Crippen LogP) is 1.70. The van der Waals surface area contributed by atoms with Crippen LogP contribution < -0.4 is 5.32 Å². The van der Waals surface area contributed by atoms with Gasteiger partial charge < -0.3 is 10.1 Å². The fourth-order valence-electron chi connectivity index (χ4n) is 2.80. The first-order chi connectivity index (χ1) is 6.39. The summed E-state index contributed by atoms with van der Waals surface area (Å²) >= 11 is 0. The Kier molecular flexibility index (Phi) is 1.88. The first-order valence-corrected chi connectivity index (χ1v) is 5.73. The molecule has 0 aromatic carbocycles. The molecule has 13 heavy (non-hydrogen) atoms. The van der Waals surface area contributed by atoms with E-state index in [0.717, 1.165) is 25.3 Å². The molecule has 0 bridgehead atoms. The maximum absolute atomic E-state index is 5.62. The van der Waals surface area contributed by atoms with Gasteiger partial charge in [0.25, 0.3) is 0 Å². The van der Waals surface area contributed by atoms with Crippen molar-refractivity contribution in [2.24, 2.45) is 5.41 Å². The third-order valence-corrected chi connectivity index (χ3v) is 4.04. The normalized spacial score (nSPS) is 37.4. The van der Waals surface area contributed by atoms with Crippen molar-refractivity contribution < 1.29 is 4.74 Å². The van der Waals surface area contributed by atoms with Crippen molar-refractivity contribution in [3.05, 3.63) is 0 Å². The second-order valence-electron chi connectivity index (χ2n) is 5.05. The van der Waals surface area contributed by atoms with Crippen LogP contribution in [0.2, 0.25) is 0 Å². The molecule has 2 nitrogen and oxygen atoms in total. The summed E-state index contributed by atoms with van der Waals surface area (Å²) < 4.78 is 5.62. The molecule has 3 fully saturated rings. The van der Waals surface area contributed by atoms with Crippen LogP contribution in [0.3, 0.4) is 0 Å². The fourth-order valence-corrected chi connectivity index (χ4v) is 2.80. The SMILES string of the molecule is C1CC2(C1)COCCC2NC1CC1. The molecule has 3 aliphatic rings. The first kappa shape index (κ1) is 8.25. The van der Waals surface area contributed by atoms with E-state index in [2.05, 4.69) is 5.32 Å². The minimum atomic E-state index is 0.556. The van der Waals surface area contributed by atoms with Gasteiger partial charge in [0.2, 0.25) is 0 Å². The summed E-state index contributed by atoms with van der Waals surface area (Å²) in [4.78, 5) is 0. The molecule has 1 atom stereocenters. The smallest absolute Gasteiger partial charge is 0.0537 e. The highest BCUT2D eigenvalue weighted by molar-refractivity contribution is 5.01. The number of rotatable bonds is 2. The van der Waals surface area contributed by atoms with Crippen molar-refractivity contribution in [2.45, 2.75) is 50.6 Å². The maximum atomic E-state index is 5.62. The summed E-state index contributed by atoms with van der Waals surface area (Å²) in [5, 5.41) is 3.81. The van der Waals surface area contributed by atoms with Crippen LogP contribution in [0.15, 0.2) is 0 Å². The van der Waals surface area contributed by atoms with E-state index in [1.165, 1.54) is 38.5 Å². The second kappa shape index (κ2) is 2.96. The van der Waals surface area contributed by atoms with Crippen molar-refractivity contribution in [1.29, 1.82) is 0 Å². The number of nitrogens with one attached hydrogen (secondary N) is 1. The molecular formula is C11H19NO. The molecule has 3 rings (SSSR count). The Morgan fingerprint density at radius 2 is 2.00 bits per heavy atom. The van der Waals surface area contributed by atoms with Gasteiger partial charge in [0.15, 0.2) is 0 Å². The van der Waals surface area contributed by atoms with Gasteiger partial charge in [-0.25, -0.2) is 0 Å². The van der Waals surface area contributed by atoms with E-state index in [-0.39, 0.29) is 0 Å². The molecule has 2 heteroatoms. The summed E-state index contributed by atoms with van der Waals surface area (Å²) in [6.07, 6.45) is 8.29. The Morgan fingerprint density at radius 1 is 1.15 bits per heavy atom. The zero-order chi connectivity index (χ0) is 8.73. The number of hydrogen-bond donors (Lipinski definition) is 1. The molecule has 74 valence electrons. The highest BCUT2D eigenvalue weighted by Crippen LogP contribution is 2.47. The molecule has 0 amide bonds. The number of hydrogen-bond acceptors (Lipinski definition) is 2. The quantitative estimate of drug-likeness (QED) is 0.700. The molecular weight excluding hydrogens is 162 g/mol. The Labute approximate surface area is 80.0 Å². The van der Waals surface area contributed by atoms with Gasteiger partial charge in [-0.05, 0) is 32.1 Å². The molecule has 1 N–H and O–H groups in total. The third kappa shape index (κ3) is 1.40. The summed E-state index contributed by atoms with van der Waals surface area (Å²) in [6, 6.07) is 1.64. The molecule has 0 radical (unpaired) electrons. The van der Waals surface area contributed by atoms with Gasteiger partial charge in [-0.1, -0.05) is 6.42 Å². The lowest BCUT2D eigenvalue weighted by Crippen LogP contribution is -2.55. The topological polar surface area (TPSA) is 21.3 Å². The Hall–Kier alpha value is -0.0800. The zero-order valence-electron chi connectivity index (χ0n) is 8.22. The average Bonchev–Trinajstić information content (AvgIpc) is 2.86. The standard InChI is InChI=1S/C11H19NO/c1-5-11(6-1)8-13-7-4-10(11)12-9-2-3-9/h9-10,12H,1-8H2. The van der Waals surface area contributed by atoms with Crippen molar-refractivity contribution in [2.75, 3.05) is 13.2 Å². The Balaban J connectivity index is 1.66. The van der Waals surface area contributed by atoms with E-state index >= 15 is 0 Å². The van der Waals surface area contributed by atoms with Crippen LogP contribution >= 0.6 is 0 Å². The Morgan fingerprint density at radius 3 is 2.62 bits per heavy atom. The zero-order valence-corrected chi connectivity index (χ0v) is 8.22. The van der Waals surface area contributed by atoms with Crippen molar-refractivity contribution in [3.63, 3.8) is 0 Å². The number of ether oxygens (including phenoxy) is 1. The largest absolute Gasteiger partial charge is 0.381 e. The van der Waals surface area contributed by atoms with Gasteiger partial charge in [-0.2, -0.15) is 0 Å². The van der Waals surface area contributed by atoms with E-state index < -0.39 is 0 Å². The fraction of sp³-hybridized carbons (Fsp3) is 1.00. The van der Waals surface area contributed by atoms with Gasteiger partial charge in [0.05, 0.1) is 6.61 Å². The van der Waals surface area contributed by atoms with Gasteiger partial charge in [-0.3, -0.25) is 0 Å². The molecule has 0 aromatic heterocycles. The predicted molar refractivity (Wildman–Crippen MR) is 51.7 cm³/mol. The van der Waals surface area contributed by atoms with Crippen LogP contribution in [0.4, 0.5) is 0 Å². The third-order valence-electron chi connectivity index (χ3n) is 4.04. The van der Waals surface area contributed by atoms with Crippen molar-refractivity contribution >= 4 is 0 Å². The van der Waals surface area contributed by atoms with Gasteiger partial charge in [0, 0.05) is 24.1 Å². The summed E-state index contributed by atoms with van der Waals surface area (Å²) in [6.45, 7) is 2.00. The van der Waals surface area contributed by atoms with Crippen LogP contribution in [0.25, 0.3) is 0 Å². The van der Waals surface area contributed by atoms with Crippen LogP contribution in [0, 0.1) is 5.41 Å². The lowest BCUT2D eigenvalue weighted by atomic mass is 9.63. The minimum absolute atomic E-state index is 0.556. The molecule has 1 heterocycles. The summed E-state index contributed by atoms with van der Waals surface area (Å²) in [5.41, 5.74) is 0.556. The maximum Gasteiger partial charge on any atom is 0.0537 e. The lowest BCUT2D eigenvalue weighted by Gasteiger charge is -2.50. The monoisotopic (exact) mass is 181 g/mol. The summed E-state index contributed by atoms with van der Waals surface area (Å²) in [5.74, 6) is 0. The molecule has 1 spiro atoms. The average molecular weight is 181 g/mol. The van der Waals surface area contributed by atoms with Gasteiger partial charge >= 0.3 is 0 Å². The van der Waals surface area contributed by atoms with Gasteiger partial charge in [0.1, 0.15) is 0 Å². The van der Waals surface area contributed by atoms with E-state index in [9.17, 15) is 0 Å². The van der Waals surface area contributed by atoms with Crippen molar-refractivity contribution in [1.82, 2.24) is 5.32 Å². The summed E-state index contributed by atoms with van der Waals surface area (Å²) in [7, 11) is 0. The molecule has 1 aliphatic heterocycles. The van der Waals surface area contributed by atoms with E-state index in [0.29, 0.717) is 5.41 Å². The molecule has 1 unspecified atom stereocenters. The van der Waals surface area contributed by atoms with Gasteiger partial charge in [-0.15, -0.1) is 0 Å². The highest BCUT2D eigenvalue weighted by atomic mass is 16.5.